The summed E-state index contributed by atoms with van der Waals surface area (Å²) >= 11 is 0. The number of ether oxygens (including phenoxy) is 3. The summed E-state index contributed by atoms with van der Waals surface area (Å²) in [7, 11) is -2.88. The zero-order valence-corrected chi connectivity index (χ0v) is 27.4. The van der Waals surface area contributed by atoms with Gasteiger partial charge in [0.1, 0.15) is 18.3 Å². The second-order valence-corrected chi connectivity index (χ2v) is 12.6. The standard InChI is InChI=1S/C29H42FN4O10P/c1-20(2)31-16-26(37)40-19-33(7)25(36)13-14-34(18-35)28-29(6,30)15-24(43-28)17-41-45(39,44-23-11-9-8-10-12-23)32-22(5)27(38)42-21(3)4/h8-14,18,21-22,24,28H,15-17,19H2,1-7H3,(H,32,39)/b14-13-/t22?,24?,28?,29-,45?/m1/s1. The molecule has 0 aliphatic carbocycles. The maximum Gasteiger partial charge on any atom is 0.459 e. The number of benzene rings is 1. The van der Waals surface area contributed by atoms with Crippen LogP contribution in [0, 0.1) is 0 Å². The molecule has 2 amide bonds. The van der Waals surface area contributed by atoms with E-state index in [9.17, 15) is 23.7 Å². The number of para-hydroxylation sites is 1. The zero-order chi connectivity index (χ0) is 33.8. The van der Waals surface area contributed by atoms with Crippen molar-refractivity contribution in [3.63, 3.8) is 0 Å². The van der Waals surface area contributed by atoms with Crippen LogP contribution < -0.4 is 9.61 Å². The third-order valence-corrected chi connectivity index (χ3v) is 7.66. The lowest BCUT2D eigenvalue weighted by molar-refractivity contribution is -0.150. The summed E-state index contributed by atoms with van der Waals surface area (Å²) in [6, 6.07) is 7.00. The number of aliphatic imine (C=N–C) groups is 1. The number of carbonyl (C=O) groups is 4. The molecule has 16 heteroatoms. The van der Waals surface area contributed by atoms with Crippen LogP contribution in [0.4, 0.5) is 4.39 Å². The summed E-state index contributed by atoms with van der Waals surface area (Å²) in [5, 5.41) is 2.54. The van der Waals surface area contributed by atoms with E-state index in [2.05, 4.69) is 10.1 Å². The smallest absolute Gasteiger partial charge is 0.459 e. The number of amides is 2. The highest BCUT2D eigenvalue weighted by Gasteiger charge is 2.49. The van der Waals surface area contributed by atoms with Crippen molar-refractivity contribution in [2.45, 2.75) is 78.1 Å². The molecule has 1 saturated heterocycles. The first-order valence-corrected chi connectivity index (χ1v) is 15.7. The number of rotatable bonds is 17. The number of carbonyl (C=O) groups excluding carboxylic acids is 4. The largest absolute Gasteiger partial charge is 0.462 e. The molecule has 14 nitrogen and oxygen atoms in total. The molecule has 1 aromatic rings. The van der Waals surface area contributed by atoms with Crippen LogP contribution in [-0.4, -0.2) is 96.8 Å². The maximum atomic E-state index is 15.6. The van der Waals surface area contributed by atoms with Gasteiger partial charge in [0, 0.05) is 31.5 Å². The van der Waals surface area contributed by atoms with E-state index < -0.39 is 62.3 Å². The second kappa shape index (κ2) is 17.2. The summed E-state index contributed by atoms with van der Waals surface area (Å²) in [6.45, 7) is 8.42. The predicted molar refractivity (Wildman–Crippen MR) is 162 cm³/mol. The number of nitrogens with zero attached hydrogens (tertiary/aromatic N) is 3. The first-order chi connectivity index (χ1) is 21.0. The van der Waals surface area contributed by atoms with Gasteiger partial charge < -0.3 is 23.6 Å². The van der Waals surface area contributed by atoms with Crippen LogP contribution in [0.2, 0.25) is 0 Å². The van der Waals surface area contributed by atoms with E-state index in [1.807, 2.05) is 0 Å². The third-order valence-electron chi connectivity index (χ3n) is 6.02. The molecule has 5 atom stereocenters. The van der Waals surface area contributed by atoms with Gasteiger partial charge in [0.25, 0.3) is 0 Å². The minimum atomic E-state index is -4.24. The van der Waals surface area contributed by atoms with Gasteiger partial charge in [-0.2, -0.15) is 5.09 Å². The highest BCUT2D eigenvalue weighted by Crippen LogP contribution is 2.46. The topological polar surface area (TPSA) is 162 Å². The van der Waals surface area contributed by atoms with E-state index in [1.165, 1.54) is 33.0 Å². The monoisotopic (exact) mass is 656 g/mol. The minimum absolute atomic E-state index is 0.185. The van der Waals surface area contributed by atoms with Crippen molar-refractivity contribution in [2.24, 2.45) is 4.99 Å². The Balaban J connectivity index is 2.07. The SMILES string of the molecule is CC(C)=NCC(=O)OCN(C)C(=O)/C=C\N(C=O)C1OC(COP(=O)(NC(C)C(=O)OC(C)C)Oc2ccccc2)C[C@@]1(C)F. The highest BCUT2D eigenvalue weighted by molar-refractivity contribution is 7.52. The fourth-order valence-electron chi connectivity index (χ4n) is 3.86. The molecule has 250 valence electrons. The summed E-state index contributed by atoms with van der Waals surface area (Å²) in [5.41, 5.74) is -1.41. The van der Waals surface area contributed by atoms with Crippen LogP contribution >= 0.6 is 7.75 Å². The quantitative estimate of drug-likeness (QED) is 0.0653. The van der Waals surface area contributed by atoms with Gasteiger partial charge in [0.2, 0.25) is 12.3 Å². The van der Waals surface area contributed by atoms with Gasteiger partial charge in [-0.05, 0) is 53.7 Å². The molecule has 45 heavy (non-hydrogen) atoms. The van der Waals surface area contributed by atoms with Gasteiger partial charge in [-0.3, -0.25) is 28.8 Å². The van der Waals surface area contributed by atoms with Gasteiger partial charge in [-0.15, -0.1) is 0 Å². The first-order valence-electron chi connectivity index (χ1n) is 14.2. The van der Waals surface area contributed by atoms with E-state index in [0.717, 1.165) is 22.1 Å². The Morgan fingerprint density at radius 1 is 1.22 bits per heavy atom. The number of alkyl halides is 1. The van der Waals surface area contributed by atoms with Gasteiger partial charge in [-0.25, -0.2) is 13.8 Å². The fourth-order valence-corrected chi connectivity index (χ4v) is 5.38. The van der Waals surface area contributed by atoms with E-state index >= 15 is 4.39 Å². The Kier molecular flexibility index (Phi) is 14.3. The van der Waals surface area contributed by atoms with Gasteiger partial charge >= 0.3 is 19.7 Å². The number of likely N-dealkylation sites (N-methyl/N-ethyl adjacent to an activating group) is 1. The van der Waals surface area contributed by atoms with Crippen LogP contribution in [0.1, 0.15) is 48.0 Å². The van der Waals surface area contributed by atoms with Gasteiger partial charge in [0.15, 0.2) is 18.6 Å². The third kappa shape index (κ3) is 12.7. The molecule has 1 aromatic carbocycles. The minimum Gasteiger partial charge on any atom is -0.462 e. The average molecular weight is 657 g/mol. The second-order valence-electron chi connectivity index (χ2n) is 10.9. The van der Waals surface area contributed by atoms with Crippen molar-refractivity contribution in [1.29, 1.82) is 0 Å². The molecule has 1 aliphatic heterocycles. The molecule has 2 rings (SSSR count). The van der Waals surface area contributed by atoms with Crippen LogP contribution in [0.25, 0.3) is 0 Å². The van der Waals surface area contributed by atoms with Crippen LogP contribution in [-0.2, 0) is 42.5 Å². The summed E-state index contributed by atoms with van der Waals surface area (Å²) in [6.07, 6.45) is -0.834. The number of esters is 2. The Hall–Kier alpha value is -3.65. The fraction of sp³-hybridized carbons (Fsp3) is 0.552. The molecule has 0 bridgehead atoms. The van der Waals surface area contributed by atoms with E-state index in [1.54, 1.807) is 45.9 Å². The Morgan fingerprint density at radius 2 is 1.89 bits per heavy atom. The molecule has 1 aliphatic rings. The molecule has 0 saturated carbocycles. The Morgan fingerprint density at radius 3 is 2.49 bits per heavy atom. The molecule has 1 fully saturated rings. The molecule has 1 heterocycles. The molecule has 1 N–H and O–H groups in total. The van der Waals surface area contributed by atoms with E-state index in [0.29, 0.717) is 5.71 Å². The lowest BCUT2D eigenvalue weighted by atomic mass is 10.0. The number of hydrogen-bond donors (Lipinski definition) is 1. The molecule has 4 unspecified atom stereocenters. The summed E-state index contributed by atoms with van der Waals surface area (Å²) in [5.74, 6) is -1.77. The van der Waals surface area contributed by atoms with Crippen molar-refractivity contribution in [2.75, 3.05) is 26.9 Å². The van der Waals surface area contributed by atoms with Crippen molar-refractivity contribution >= 4 is 37.7 Å². The van der Waals surface area contributed by atoms with Gasteiger partial charge in [0.05, 0.1) is 18.8 Å². The molecule has 0 aromatic heterocycles. The Bertz CT molecular complexity index is 1270. The molecular formula is C29H42FN4O10P. The summed E-state index contributed by atoms with van der Waals surface area (Å²) in [4.78, 5) is 54.3. The molecule has 0 radical (unpaired) electrons. The highest BCUT2D eigenvalue weighted by atomic mass is 31.2. The normalized spacial score (nSPS) is 21.4. The van der Waals surface area contributed by atoms with E-state index in [-0.39, 0.29) is 31.9 Å². The van der Waals surface area contributed by atoms with Gasteiger partial charge in [-0.1, -0.05) is 18.2 Å². The molecular weight excluding hydrogens is 614 g/mol. The van der Waals surface area contributed by atoms with Crippen molar-refractivity contribution < 1.29 is 51.4 Å². The van der Waals surface area contributed by atoms with Crippen LogP contribution in [0.3, 0.4) is 0 Å². The number of hydrogen-bond acceptors (Lipinski definition) is 11. The molecule has 0 spiro atoms. The predicted octanol–water partition coefficient (Wildman–Crippen LogP) is 3.38. The Labute approximate surface area is 262 Å². The van der Waals surface area contributed by atoms with E-state index in [4.69, 9.17) is 23.3 Å². The summed E-state index contributed by atoms with van der Waals surface area (Å²) < 4.78 is 56.4. The lowest BCUT2D eigenvalue weighted by Crippen LogP contribution is -2.42. The average Bonchev–Trinajstić information content (AvgIpc) is 3.27. The van der Waals surface area contributed by atoms with Crippen molar-refractivity contribution in [1.82, 2.24) is 14.9 Å². The first kappa shape index (κ1) is 37.5. The zero-order valence-electron chi connectivity index (χ0n) is 26.5. The lowest BCUT2D eigenvalue weighted by Gasteiger charge is -2.28. The number of halogens is 1. The number of nitrogens with one attached hydrogen (secondary N) is 1. The van der Waals surface area contributed by atoms with Crippen molar-refractivity contribution in [3.05, 3.63) is 42.6 Å². The maximum absolute atomic E-state index is 15.6. The van der Waals surface area contributed by atoms with Crippen molar-refractivity contribution in [3.8, 4) is 5.75 Å². The van der Waals surface area contributed by atoms with Crippen LogP contribution in [0.5, 0.6) is 5.75 Å². The van der Waals surface area contributed by atoms with Crippen LogP contribution in [0.15, 0.2) is 47.6 Å².